The molecule has 0 aliphatic rings. The lowest BCUT2D eigenvalue weighted by molar-refractivity contribution is 0.252. The normalized spacial score (nSPS) is 10.6. The van der Waals surface area contributed by atoms with Crippen LogP contribution in [0.5, 0.6) is 23.0 Å². The molecule has 1 aromatic heterocycles. The van der Waals surface area contributed by atoms with Gasteiger partial charge in [-0.25, -0.2) is 4.79 Å². The average Bonchev–Trinajstić information content (AvgIpc) is 2.87. The Kier molecular flexibility index (Phi) is 7.67. The first-order chi connectivity index (χ1) is 17.1. The SMILES string of the molecule is COc1cc2nccc(Oc3ccc(NC(=O)NCCCc4cccc(C)c4)cc3)c2cc1OC. The summed E-state index contributed by atoms with van der Waals surface area (Å²) >= 11 is 0. The Bertz CT molecular complexity index is 1310. The number of fused-ring (bicyclic) bond motifs is 1. The first-order valence-electron chi connectivity index (χ1n) is 11.4. The number of aromatic nitrogens is 1. The standard InChI is InChI=1S/C28H29N3O4/c1-19-6-4-7-20(16-19)8-5-14-30-28(32)31-21-9-11-22(12-10-21)35-25-13-15-29-24-18-27(34-3)26(33-2)17-23(24)25/h4,6-7,9-13,15-18H,5,8,14H2,1-3H3,(H2,30,31,32). The summed E-state index contributed by atoms with van der Waals surface area (Å²) in [6.07, 6.45) is 3.49. The molecule has 7 heteroatoms. The molecule has 4 rings (SSSR count). The zero-order valence-corrected chi connectivity index (χ0v) is 20.1. The van der Waals surface area contributed by atoms with Gasteiger partial charge in [0.05, 0.1) is 19.7 Å². The lowest BCUT2D eigenvalue weighted by Crippen LogP contribution is -2.29. The van der Waals surface area contributed by atoms with Gasteiger partial charge >= 0.3 is 6.03 Å². The predicted octanol–water partition coefficient (Wildman–Crippen LogP) is 6.11. The predicted molar refractivity (Wildman–Crippen MR) is 138 cm³/mol. The van der Waals surface area contributed by atoms with E-state index in [-0.39, 0.29) is 6.03 Å². The molecule has 0 saturated heterocycles. The van der Waals surface area contributed by atoms with Gasteiger partial charge in [0.25, 0.3) is 0 Å². The average molecular weight is 472 g/mol. The van der Waals surface area contributed by atoms with Gasteiger partial charge in [-0.15, -0.1) is 0 Å². The van der Waals surface area contributed by atoms with Gasteiger partial charge in [0.1, 0.15) is 11.5 Å². The van der Waals surface area contributed by atoms with Crippen molar-refractivity contribution in [2.75, 3.05) is 26.1 Å². The highest BCUT2D eigenvalue weighted by molar-refractivity contribution is 5.89. The molecule has 35 heavy (non-hydrogen) atoms. The minimum absolute atomic E-state index is 0.232. The van der Waals surface area contributed by atoms with Gasteiger partial charge in [-0.05, 0) is 61.7 Å². The number of amides is 2. The number of ether oxygens (including phenoxy) is 3. The summed E-state index contributed by atoms with van der Waals surface area (Å²) in [6.45, 7) is 2.68. The minimum Gasteiger partial charge on any atom is -0.493 e. The number of pyridine rings is 1. The third-order valence-corrected chi connectivity index (χ3v) is 5.56. The number of urea groups is 1. The van der Waals surface area contributed by atoms with E-state index in [1.165, 1.54) is 11.1 Å². The van der Waals surface area contributed by atoms with E-state index < -0.39 is 0 Å². The van der Waals surface area contributed by atoms with E-state index in [2.05, 4.69) is 46.8 Å². The first kappa shape index (κ1) is 23.9. The maximum Gasteiger partial charge on any atom is 0.319 e. The van der Waals surface area contributed by atoms with Gasteiger partial charge in [0.15, 0.2) is 11.5 Å². The fourth-order valence-corrected chi connectivity index (χ4v) is 3.81. The molecule has 0 aliphatic carbocycles. The highest BCUT2D eigenvalue weighted by Crippen LogP contribution is 2.36. The third-order valence-electron chi connectivity index (χ3n) is 5.56. The van der Waals surface area contributed by atoms with Crippen LogP contribution in [0.3, 0.4) is 0 Å². The van der Waals surface area contributed by atoms with Crippen molar-refractivity contribution in [1.29, 1.82) is 0 Å². The largest absolute Gasteiger partial charge is 0.493 e. The van der Waals surface area contributed by atoms with Gasteiger partial charge < -0.3 is 24.8 Å². The van der Waals surface area contributed by atoms with E-state index in [9.17, 15) is 4.79 Å². The maximum atomic E-state index is 12.2. The molecular weight excluding hydrogens is 442 g/mol. The van der Waals surface area contributed by atoms with Crippen LogP contribution in [0.2, 0.25) is 0 Å². The topological polar surface area (TPSA) is 81.7 Å². The molecule has 7 nitrogen and oxygen atoms in total. The van der Waals surface area contributed by atoms with Crippen molar-refractivity contribution in [1.82, 2.24) is 10.3 Å². The highest BCUT2D eigenvalue weighted by Gasteiger charge is 2.11. The van der Waals surface area contributed by atoms with Crippen molar-refractivity contribution >= 4 is 22.6 Å². The number of anilines is 1. The number of nitrogens with zero attached hydrogens (tertiary/aromatic N) is 1. The van der Waals surface area contributed by atoms with E-state index in [1.54, 1.807) is 50.7 Å². The summed E-state index contributed by atoms with van der Waals surface area (Å²) in [5.74, 6) is 2.48. The Morgan fingerprint density at radius 2 is 1.69 bits per heavy atom. The Morgan fingerprint density at radius 1 is 0.914 bits per heavy atom. The first-order valence-corrected chi connectivity index (χ1v) is 11.4. The van der Waals surface area contributed by atoms with Crippen LogP contribution in [0.15, 0.2) is 72.9 Å². The lowest BCUT2D eigenvalue weighted by atomic mass is 10.1. The molecule has 0 aliphatic heterocycles. The molecule has 0 unspecified atom stereocenters. The molecule has 0 saturated carbocycles. The molecule has 3 aromatic carbocycles. The minimum atomic E-state index is -0.232. The van der Waals surface area contributed by atoms with Crippen LogP contribution in [0, 0.1) is 6.92 Å². The van der Waals surface area contributed by atoms with Crippen LogP contribution in [-0.2, 0) is 6.42 Å². The molecular formula is C28H29N3O4. The Hall–Kier alpha value is -4.26. The fourth-order valence-electron chi connectivity index (χ4n) is 3.81. The van der Waals surface area contributed by atoms with Crippen molar-refractivity contribution in [3.8, 4) is 23.0 Å². The van der Waals surface area contributed by atoms with Gasteiger partial charge in [0, 0.05) is 29.9 Å². The summed E-state index contributed by atoms with van der Waals surface area (Å²) in [7, 11) is 3.18. The van der Waals surface area contributed by atoms with E-state index in [4.69, 9.17) is 14.2 Å². The zero-order chi connectivity index (χ0) is 24.6. The van der Waals surface area contributed by atoms with Crippen LogP contribution >= 0.6 is 0 Å². The third kappa shape index (κ3) is 6.20. The van der Waals surface area contributed by atoms with Crippen LogP contribution < -0.4 is 24.8 Å². The summed E-state index contributed by atoms with van der Waals surface area (Å²) in [6, 6.07) is 20.9. The van der Waals surface area contributed by atoms with E-state index in [1.807, 2.05) is 12.1 Å². The number of carbonyl (C=O) groups excluding carboxylic acids is 1. The molecule has 0 fully saturated rings. The van der Waals surface area contributed by atoms with Crippen molar-refractivity contribution < 1.29 is 19.0 Å². The van der Waals surface area contributed by atoms with Crippen molar-refractivity contribution in [3.05, 3.63) is 84.1 Å². The lowest BCUT2D eigenvalue weighted by Gasteiger charge is -2.13. The van der Waals surface area contributed by atoms with E-state index >= 15 is 0 Å². The second-order valence-electron chi connectivity index (χ2n) is 8.13. The molecule has 0 atom stereocenters. The number of aryl methyl sites for hydroxylation is 2. The molecule has 4 aromatic rings. The molecule has 180 valence electrons. The Labute approximate surface area is 205 Å². The number of benzene rings is 3. The number of hydrogen-bond donors (Lipinski definition) is 2. The van der Waals surface area contributed by atoms with Gasteiger partial charge in [0.2, 0.25) is 0 Å². The smallest absolute Gasteiger partial charge is 0.319 e. The Morgan fingerprint density at radius 3 is 2.43 bits per heavy atom. The van der Waals surface area contributed by atoms with Crippen LogP contribution in [0.4, 0.5) is 10.5 Å². The number of methoxy groups -OCH3 is 2. The summed E-state index contributed by atoms with van der Waals surface area (Å²) in [5, 5.41) is 6.56. The van der Waals surface area contributed by atoms with Crippen LogP contribution in [-0.4, -0.2) is 31.8 Å². The highest BCUT2D eigenvalue weighted by atomic mass is 16.5. The van der Waals surface area contributed by atoms with Crippen LogP contribution in [0.1, 0.15) is 17.5 Å². The molecule has 2 amide bonds. The summed E-state index contributed by atoms with van der Waals surface area (Å²) < 4.78 is 16.9. The van der Waals surface area contributed by atoms with E-state index in [0.29, 0.717) is 35.2 Å². The van der Waals surface area contributed by atoms with Crippen molar-refractivity contribution in [2.24, 2.45) is 0 Å². The maximum absolute atomic E-state index is 12.2. The summed E-state index contributed by atoms with van der Waals surface area (Å²) in [5.41, 5.74) is 3.94. The number of rotatable bonds is 9. The Balaban J connectivity index is 1.32. The van der Waals surface area contributed by atoms with Crippen molar-refractivity contribution in [2.45, 2.75) is 19.8 Å². The van der Waals surface area contributed by atoms with Crippen molar-refractivity contribution in [3.63, 3.8) is 0 Å². The number of nitrogens with one attached hydrogen (secondary N) is 2. The van der Waals surface area contributed by atoms with Gasteiger partial charge in [-0.1, -0.05) is 29.8 Å². The quantitative estimate of drug-likeness (QED) is 0.288. The van der Waals surface area contributed by atoms with E-state index in [0.717, 1.165) is 23.7 Å². The molecule has 0 radical (unpaired) electrons. The van der Waals surface area contributed by atoms with Gasteiger partial charge in [-0.2, -0.15) is 0 Å². The fraction of sp³-hybridized carbons (Fsp3) is 0.214. The number of carbonyl (C=O) groups is 1. The van der Waals surface area contributed by atoms with Crippen LogP contribution in [0.25, 0.3) is 10.9 Å². The molecule has 0 spiro atoms. The molecule has 2 N–H and O–H groups in total. The molecule has 0 bridgehead atoms. The molecule has 1 heterocycles. The van der Waals surface area contributed by atoms with Gasteiger partial charge in [-0.3, -0.25) is 4.98 Å². The number of hydrogen-bond acceptors (Lipinski definition) is 5. The second kappa shape index (κ2) is 11.2. The monoisotopic (exact) mass is 471 g/mol. The second-order valence-corrected chi connectivity index (χ2v) is 8.13. The summed E-state index contributed by atoms with van der Waals surface area (Å²) in [4.78, 5) is 16.6. The zero-order valence-electron chi connectivity index (χ0n) is 20.1.